The van der Waals surface area contributed by atoms with Crippen LogP contribution in [0.5, 0.6) is 0 Å². The maximum atomic E-state index is 5.54. The van der Waals surface area contributed by atoms with E-state index in [4.69, 9.17) is 5.73 Å². The van der Waals surface area contributed by atoms with Gasteiger partial charge in [-0.3, -0.25) is 0 Å². The number of para-hydroxylation sites is 1. The Bertz CT molecular complexity index is 661. The molecule has 2 N–H and O–H groups in total. The van der Waals surface area contributed by atoms with Crippen molar-refractivity contribution in [3.8, 4) is 0 Å². The van der Waals surface area contributed by atoms with Gasteiger partial charge < -0.3 is 5.73 Å². The lowest BCUT2D eigenvalue weighted by Gasteiger charge is -2.01. The summed E-state index contributed by atoms with van der Waals surface area (Å²) in [6.07, 6.45) is 1.55. The summed E-state index contributed by atoms with van der Waals surface area (Å²) < 4.78 is 0.784. The first-order valence-corrected chi connectivity index (χ1v) is 6.43. The van der Waals surface area contributed by atoms with Crippen LogP contribution in [0.4, 0.5) is 5.13 Å². The number of hydrogen-bond donors (Lipinski definition) is 1. The Morgan fingerprint density at radius 1 is 1.12 bits per heavy atom. The Kier molecular flexibility index (Phi) is 2.62. The Hall–Kier alpha value is -1.73. The summed E-state index contributed by atoms with van der Waals surface area (Å²) in [4.78, 5) is 8.47. The number of fused-ring (bicyclic) bond motifs is 1. The standard InChI is InChI=1S/C10H7N5S2/c11-9-14-15-10(17-9)16-8-6-3-1-2-4-7(6)12-5-13-8/h1-5H,(H2,11,14). The molecule has 0 atom stereocenters. The van der Waals surface area contributed by atoms with Gasteiger partial charge in [0.1, 0.15) is 11.4 Å². The van der Waals surface area contributed by atoms with Crippen molar-refractivity contribution >= 4 is 39.1 Å². The summed E-state index contributed by atoms with van der Waals surface area (Å²) in [7, 11) is 0. The molecule has 3 rings (SSSR count). The van der Waals surface area contributed by atoms with Crippen LogP contribution in [0.1, 0.15) is 0 Å². The van der Waals surface area contributed by atoms with Crippen molar-refractivity contribution in [2.75, 3.05) is 5.73 Å². The average molecular weight is 261 g/mol. The van der Waals surface area contributed by atoms with Gasteiger partial charge in [-0.05, 0) is 17.8 Å². The second-order valence-corrected chi connectivity index (χ2v) is 5.45. The van der Waals surface area contributed by atoms with Crippen LogP contribution < -0.4 is 5.73 Å². The van der Waals surface area contributed by atoms with E-state index in [9.17, 15) is 0 Å². The van der Waals surface area contributed by atoms with E-state index in [0.29, 0.717) is 5.13 Å². The number of hydrogen-bond acceptors (Lipinski definition) is 7. The third-order valence-electron chi connectivity index (χ3n) is 2.11. The maximum absolute atomic E-state index is 5.54. The Morgan fingerprint density at radius 2 is 2.00 bits per heavy atom. The van der Waals surface area contributed by atoms with Gasteiger partial charge in [0.25, 0.3) is 0 Å². The number of aromatic nitrogens is 4. The zero-order valence-electron chi connectivity index (χ0n) is 8.57. The molecular weight excluding hydrogens is 254 g/mol. The molecule has 1 aromatic carbocycles. The molecule has 0 aliphatic carbocycles. The predicted molar refractivity (Wildman–Crippen MR) is 68.0 cm³/mol. The molecule has 0 aliphatic heterocycles. The first-order valence-electron chi connectivity index (χ1n) is 4.79. The normalized spacial score (nSPS) is 10.8. The van der Waals surface area contributed by atoms with Gasteiger partial charge >= 0.3 is 0 Å². The van der Waals surface area contributed by atoms with Crippen molar-refractivity contribution in [1.29, 1.82) is 0 Å². The summed E-state index contributed by atoms with van der Waals surface area (Å²) >= 11 is 2.80. The Labute approximate surface area is 105 Å². The highest BCUT2D eigenvalue weighted by Gasteiger charge is 2.08. The number of nitrogens with zero attached hydrogens (tertiary/aromatic N) is 4. The molecule has 0 spiro atoms. The molecule has 5 nitrogen and oxygen atoms in total. The van der Waals surface area contributed by atoms with Gasteiger partial charge in [-0.1, -0.05) is 29.5 Å². The first kappa shape index (κ1) is 10.4. The van der Waals surface area contributed by atoms with E-state index in [1.807, 2.05) is 24.3 Å². The van der Waals surface area contributed by atoms with Crippen LogP contribution in [0.2, 0.25) is 0 Å². The molecule has 0 bridgehead atoms. The topological polar surface area (TPSA) is 77.6 Å². The first-order chi connectivity index (χ1) is 8.33. The molecule has 3 aromatic rings. The van der Waals surface area contributed by atoms with Crippen LogP contribution in [-0.2, 0) is 0 Å². The number of benzene rings is 1. The fourth-order valence-electron chi connectivity index (χ4n) is 1.41. The fraction of sp³-hybridized carbons (Fsp3) is 0. The minimum absolute atomic E-state index is 0.464. The van der Waals surface area contributed by atoms with Crippen LogP contribution in [0.25, 0.3) is 10.9 Å². The van der Waals surface area contributed by atoms with E-state index in [1.165, 1.54) is 23.1 Å². The second kappa shape index (κ2) is 4.27. The van der Waals surface area contributed by atoms with Gasteiger partial charge in [-0.15, -0.1) is 10.2 Å². The smallest absolute Gasteiger partial charge is 0.203 e. The molecule has 0 radical (unpaired) electrons. The summed E-state index contributed by atoms with van der Waals surface area (Å²) in [5, 5.41) is 10.1. The van der Waals surface area contributed by atoms with Crippen molar-refractivity contribution in [3.63, 3.8) is 0 Å². The summed E-state index contributed by atoms with van der Waals surface area (Å²) in [6, 6.07) is 7.86. The quantitative estimate of drug-likeness (QED) is 0.713. The van der Waals surface area contributed by atoms with Crippen LogP contribution in [0.15, 0.2) is 40.0 Å². The molecule has 7 heteroatoms. The highest BCUT2D eigenvalue weighted by molar-refractivity contribution is 8.01. The maximum Gasteiger partial charge on any atom is 0.203 e. The molecule has 17 heavy (non-hydrogen) atoms. The van der Waals surface area contributed by atoms with Crippen LogP contribution >= 0.6 is 23.1 Å². The van der Waals surface area contributed by atoms with E-state index < -0.39 is 0 Å². The fourth-order valence-corrected chi connectivity index (χ4v) is 3.04. The molecule has 0 saturated carbocycles. The van der Waals surface area contributed by atoms with Crippen LogP contribution in [0, 0.1) is 0 Å². The summed E-state index contributed by atoms with van der Waals surface area (Å²) in [5.41, 5.74) is 6.46. The molecule has 0 fully saturated rings. The highest BCUT2D eigenvalue weighted by atomic mass is 32.2. The van der Waals surface area contributed by atoms with Crippen molar-refractivity contribution in [1.82, 2.24) is 20.2 Å². The minimum Gasteiger partial charge on any atom is -0.374 e. The number of rotatable bonds is 2. The van der Waals surface area contributed by atoms with Crippen LogP contribution in [0.3, 0.4) is 0 Å². The third-order valence-corrected chi connectivity index (χ3v) is 3.93. The monoisotopic (exact) mass is 261 g/mol. The molecule has 0 aliphatic rings. The van der Waals surface area contributed by atoms with E-state index in [2.05, 4.69) is 20.2 Å². The van der Waals surface area contributed by atoms with E-state index in [0.717, 1.165) is 20.3 Å². The predicted octanol–water partition coefficient (Wildman–Crippen LogP) is 2.21. The molecule has 0 saturated heterocycles. The molecular formula is C10H7N5S2. The zero-order valence-corrected chi connectivity index (χ0v) is 10.2. The summed E-state index contributed by atoms with van der Waals surface area (Å²) in [6.45, 7) is 0. The lowest BCUT2D eigenvalue weighted by Crippen LogP contribution is -1.86. The number of anilines is 1. The summed E-state index contributed by atoms with van der Waals surface area (Å²) in [5.74, 6) is 0. The minimum atomic E-state index is 0.464. The van der Waals surface area contributed by atoms with E-state index in [1.54, 1.807) is 6.33 Å². The lowest BCUT2D eigenvalue weighted by molar-refractivity contribution is 1.01. The van der Waals surface area contributed by atoms with Gasteiger partial charge in [0.15, 0.2) is 4.34 Å². The molecule has 0 unspecified atom stereocenters. The second-order valence-electron chi connectivity index (χ2n) is 3.20. The Balaban J connectivity index is 2.05. The van der Waals surface area contributed by atoms with E-state index in [-0.39, 0.29) is 0 Å². The van der Waals surface area contributed by atoms with Gasteiger partial charge in [0, 0.05) is 5.39 Å². The Morgan fingerprint density at radius 3 is 2.82 bits per heavy atom. The SMILES string of the molecule is Nc1nnc(Sc2ncnc3ccccc23)s1. The average Bonchev–Trinajstić information content (AvgIpc) is 2.75. The molecule has 2 heterocycles. The zero-order chi connectivity index (χ0) is 11.7. The molecule has 84 valence electrons. The van der Waals surface area contributed by atoms with E-state index >= 15 is 0 Å². The van der Waals surface area contributed by atoms with Gasteiger partial charge in [0.2, 0.25) is 5.13 Å². The number of nitrogens with two attached hydrogens (primary N) is 1. The molecule has 0 amide bonds. The van der Waals surface area contributed by atoms with Gasteiger partial charge in [-0.25, -0.2) is 9.97 Å². The van der Waals surface area contributed by atoms with Crippen LogP contribution in [-0.4, -0.2) is 20.2 Å². The van der Waals surface area contributed by atoms with Crippen molar-refractivity contribution in [2.24, 2.45) is 0 Å². The van der Waals surface area contributed by atoms with Gasteiger partial charge in [0.05, 0.1) is 5.52 Å². The van der Waals surface area contributed by atoms with Gasteiger partial charge in [-0.2, -0.15) is 0 Å². The van der Waals surface area contributed by atoms with Crippen molar-refractivity contribution < 1.29 is 0 Å². The molecule has 2 aromatic heterocycles. The highest BCUT2D eigenvalue weighted by Crippen LogP contribution is 2.33. The number of nitrogen functional groups attached to an aromatic ring is 1. The van der Waals surface area contributed by atoms with Crippen molar-refractivity contribution in [3.05, 3.63) is 30.6 Å². The van der Waals surface area contributed by atoms with Crippen molar-refractivity contribution in [2.45, 2.75) is 9.37 Å². The lowest BCUT2D eigenvalue weighted by atomic mass is 10.2. The largest absolute Gasteiger partial charge is 0.374 e. The third kappa shape index (κ3) is 2.06.